The number of alkyl halides is 4. The lowest BCUT2D eigenvalue weighted by Crippen LogP contribution is -2.40. The van der Waals surface area contributed by atoms with Crippen LogP contribution >= 0.6 is 0 Å². The molecule has 2 fully saturated rings. The molecule has 5 nitrogen and oxygen atoms in total. The van der Waals surface area contributed by atoms with Crippen LogP contribution in [0.5, 0.6) is 0 Å². The van der Waals surface area contributed by atoms with Crippen LogP contribution in [0.1, 0.15) is 66.9 Å². The summed E-state index contributed by atoms with van der Waals surface area (Å²) in [5.41, 5.74) is 1.94. The summed E-state index contributed by atoms with van der Waals surface area (Å²) >= 11 is 0. The quantitative estimate of drug-likeness (QED) is 0.343. The van der Waals surface area contributed by atoms with Gasteiger partial charge in [0.1, 0.15) is 12.5 Å². The number of nitrogens with zero attached hydrogens (tertiary/aromatic N) is 1. The van der Waals surface area contributed by atoms with Crippen molar-refractivity contribution in [1.82, 2.24) is 4.90 Å². The van der Waals surface area contributed by atoms with Crippen molar-refractivity contribution in [2.75, 3.05) is 19.8 Å². The number of hydrogen-bond donors (Lipinski definition) is 0. The Labute approximate surface area is 240 Å². The van der Waals surface area contributed by atoms with Crippen molar-refractivity contribution in [2.24, 2.45) is 0 Å². The molecule has 1 spiro atoms. The highest BCUT2D eigenvalue weighted by atomic mass is 19.4. The van der Waals surface area contributed by atoms with Crippen LogP contribution in [0.2, 0.25) is 0 Å². The summed E-state index contributed by atoms with van der Waals surface area (Å²) in [6.07, 6.45) is 0.253. The van der Waals surface area contributed by atoms with Crippen molar-refractivity contribution in [3.05, 3.63) is 93.8 Å². The first-order valence-electron chi connectivity index (χ1n) is 14.2. The maximum atomic E-state index is 13.9. The van der Waals surface area contributed by atoms with E-state index in [1.807, 2.05) is 0 Å². The molecule has 42 heavy (non-hydrogen) atoms. The summed E-state index contributed by atoms with van der Waals surface area (Å²) in [4.78, 5) is 15.2. The number of fused-ring (bicyclic) bond motifs is 1. The Hall–Kier alpha value is -3.08. The summed E-state index contributed by atoms with van der Waals surface area (Å²) in [7, 11) is 0. The van der Waals surface area contributed by atoms with Gasteiger partial charge in [-0.3, -0.25) is 4.79 Å². The van der Waals surface area contributed by atoms with Crippen molar-refractivity contribution in [2.45, 2.75) is 75.4 Å². The summed E-state index contributed by atoms with van der Waals surface area (Å²) in [6.45, 7) is 1.93. The molecule has 1 aliphatic carbocycles. The van der Waals surface area contributed by atoms with Gasteiger partial charge in [0.05, 0.1) is 31.0 Å². The molecule has 0 bridgehead atoms. The molecule has 2 saturated heterocycles. The van der Waals surface area contributed by atoms with Crippen LogP contribution in [-0.4, -0.2) is 48.5 Å². The maximum absolute atomic E-state index is 13.9. The van der Waals surface area contributed by atoms with Gasteiger partial charge in [0.25, 0.3) is 0 Å². The van der Waals surface area contributed by atoms with Gasteiger partial charge in [0.15, 0.2) is 5.79 Å². The zero-order valence-corrected chi connectivity index (χ0v) is 23.1. The molecule has 0 radical (unpaired) electrons. The minimum absolute atomic E-state index is 0.0887. The number of carbonyl (C=O) groups is 1. The molecule has 4 atom stereocenters. The highest BCUT2D eigenvalue weighted by Crippen LogP contribution is 2.46. The minimum Gasteiger partial charge on any atom is -0.368 e. The average molecular weight is 590 g/mol. The highest BCUT2D eigenvalue weighted by molar-refractivity contribution is 5.91. The van der Waals surface area contributed by atoms with Gasteiger partial charge in [-0.25, -0.2) is 8.78 Å². The van der Waals surface area contributed by atoms with E-state index < -0.39 is 42.2 Å². The van der Waals surface area contributed by atoms with Gasteiger partial charge in [-0.1, -0.05) is 24.3 Å². The fraction of sp³-hybridized carbons (Fsp3) is 0.469. The average Bonchev–Trinajstić information content (AvgIpc) is 3.58. The summed E-state index contributed by atoms with van der Waals surface area (Å²) in [6, 6.07) is 8.89. The molecule has 3 heterocycles. The lowest BCUT2D eigenvalue weighted by molar-refractivity contribution is -0.161. The van der Waals surface area contributed by atoms with Crippen LogP contribution in [0.15, 0.2) is 65.8 Å². The van der Waals surface area contributed by atoms with Gasteiger partial charge in [-0.05, 0) is 71.9 Å². The fourth-order valence-electron chi connectivity index (χ4n) is 6.76. The predicted molar refractivity (Wildman–Crippen MR) is 143 cm³/mol. The second-order valence-electron chi connectivity index (χ2n) is 11.5. The van der Waals surface area contributed by atoms with Gasteiger partial charge >= 0.3 is 6.18 Å². The highest BCUT2D eigenvalue weighted by Gasteiger charge is 2.48. The first-order chi connectivity index (χ1) is 20.0. The molecule has 1 amide bonds. The monoisotopic (exact) mass is 589 g/mol. The Morgan fingerprint density at radius 2 is 1.83 bits per heavy atom. The van der Waals surface area contributed by atoms with Crippen LogP contribution < -0.4 is 0 Å². The van der Waals surface area contributed by atoms with Gasteiger partial charge in [-0.2, -0.15) is 13.2 Å². The molecule has 6 rings (SSSR count). The summed E-state index contributed by atoms with van der Waals surface area (Å²) < 4.78 is 86.0. The summed E-state index contributed by atoms with van der Waals surface area (Å²) in [5, 5.41) is 0. The number of benzene rings is 2. The molecule has 3 aliphatic heterocycles. The van der Waals surface area contributed by atoms with Crippen LogP contribution in [0, 0.1) is 5.82 Å². The fourth-order valence-corrected chi connectivity index (χ4v) is 6.76. The van der Waals surface area contributed by atoms with Crippen molar-refractivity contribution in [3.63, 3.8) is 0 Å². The van der Waals surface area contributed by atoms with Crippen molar-refractivity contribution in [1.29, 1.82) is 0 Å². The van der Waals surface area contributed by atoms with E-state index in [2.05, 4.69) is 6.08 Å². The predicted octanol–water partition coefficient (Wildman–Crippen LogP) is 6.94. The van der Waals surface area contributed by atoms with E-state index in [0.29, 0.717) is 38.9 Å². The Morgan fingerprint density at radius 3 is 2.48 bits per heavy atom. The van der Waals surface area contributed by atoms with Crippen LogP contribution in [0.25, 0.3) is 0 Å². The molecule has 10 heteroatoms. The lowest BCUT2D eigenvalue weighted by Gasteiger charge is -2.36. The zero-order valence-electron chi connectivity index (χ0n) is 23.1. The van der Waals surface area contributed by atoms with E-state index in [1.165, 1.54) is 18.2 Å². The van der Waals surface area contributed by atoms with Crippen molar-refractivity contribution < 1.29 is 41.0 Å². The molecule has 1 unspecified atom stereocenters. The number of ether oxygens (including phenoxy) is 3. The third-order valence-corrected chi connectivity index (χ3v) is 8.86. The van der Waals surface area contributed by atoms with E-state index in [1.54, 1.807) is 30.0 Å². The standard InChI is InChI=1S/C32H32F5NO4/c1-19(23-12-20(17-33)13-25(14-23)32(35,36)37)42-28-18-38-27(30(28)22-2-4-26(34)5-3-22)15-24(16-29(38)39)21-6-8-31(9-7-21)40-10-11-41-31/h2-6,12-14,16,19,27-28,30H,7-11,15,17-18H2,1H3/t19-,27+,28+,30?/m1/s1. The van der Waals surface area contributed by atoms with Crippen LogP contribution in [0.4, 0.5) is 22.0 Å². The SMILES string of the molecule is C[C@@H](O[C@H]1CN2C(=O)C=C(C3=CCC4(CC3)OCCO4)C[C@H]2C1c1ccc(F)cc1)c1cc(CF)cc(C(F)(F)F)c1. The Morgan fingerprint density at radius 1 is 1.10 bits per heavy atom. The second-order valence-corrected chi connectivity index (χ2v) is 11.5. The first-order valence-corrected chi connectivity index (χ1v) is 14.2. The molecule has 4 aliphatic rings. The molecular weight excluding hydrogens is 557 g/mol. The molecule has 0 saturated carbocycles. The number of allylic oxidation sites excluding steroid dienone is 1. The minimum atomic E-state index is -4.64. The largest absolute Gasteiger partial charge is 0.416 e. The maximum Gasteiger partial charge on any atom is 0.416 e. The molecule has 0 N–H and O–H groups in total. The van der Waals surface area contributed by atoms with E-state index >= 15 is 0 Å². The van der Waals surface area contributed by atoms with Gasteiger partial charge in [0, 0.05) is 37.4 Å². The third kappa shape index (κ3) is 5.64. The van der Waals surface area contributed by atoms with E-state index in [-0.39, 0.29) is 35.5 Å². The third-order valence-electron chi connectivity index (χ3n) is 8.86. The molecular formula is C32H32F5NO4. The van der Waals surface area contributed by atoms with Gasteiger partial charge < -0.3 is 19.1 Å². The number of rotatable bonds is 6. The molecule has 0 aromatic heterocycles. The van der Waals surface area contributed by atoms with Crippen LogP contribution in [0.3, 0.4) is 0 Å². The number of halogens is 5. The number of hydrogen-bond acceptors (Lipinski definition) is 4. The van der Waals surface area contributed by atoms with E-state index in [0.717, 1.165) is 28.8 Å². The first kappa shape index (κ1) is 29.0. The Bertz CT molecular complexity index is 1400. The van der Waals surface area contributed by atoms with Gasteiger partial charge in [0.2, 0.25) is 5.91 Å². The Balaban J connectivity index is 1.28. The normalized spacial score (nSPS) is 26.3. The molecule has 2 aromatic carbocycles. The number of carbonyl (C=O) groups excluding carboxylic acids is 1. The van der Waals surface area contributed by atoms with Crippen molar-refractivity contribution in [3.8, 4) is 0 Å². The smallest absolute Gasteiger partial charge is 0.368 e. The van der Waals surface area contributed by atoms with Crippen molar-refractivity contribution >= 4 is 5.91 Å². The molecule has 224 valence electrons. The van der Waals surface area contributed by atoms with Crippen LogP contribution in [-0.2, 0) is 31.9 Å². The topological polar surface area (TPSA) is 48.0 Å². The molecule has 2 aromatic rings. The van der Waals surface area contributed by atoms with E-state index in [9.17, 15) is 26.7 Å². The van der Waals surface area contributed by atoms with E-state index in [4.69, 9.17) is 14.2 Å². The Kier molecular flexibility index (Phi) is 7.74. The number of amides is 1. The summed E-state index contributed by atoms with van der Waals surface area (Å²) in [5.74, 6) is -1.51. The lowest BCUT2D eigenvalue weighted by atomic mass is 9.81. The van der Waals surface area contributed by atoms with Gasteiger partial charge in [-0.15, -0.1) is 0 Å². The zero-order chi connectivity index (χ0) is 29.6. The second kappa shape index (κ2) is 11.2.